The number of benzene rings is 1. The van der Waals surface area contributed by atoms with Crippen LogP contribution in [0.15, 0.2) is 24.3 Å². The molecular weight excluding hydrogens is 264 g/mol. The standard InChI is InChI=1S/C15H17F2NS/c1-4-18-10(3)14-5-6-15(19-14)11-8-12(16)9(2)7-13(11)17/h5-8,10,18H,4H2,1-3H3. The molecule has 2 rings (SSSR count). The molecule has 1 atom stereocenters. The van der Waals surface area contributed by atoms with Crippen molar-refractivity contribution in [2.24, 2.45) is 0 Å². The van der Waals surface area contributed by atoms with Crippen molar-refractivity contribution < 1.29 is 8.78 Å². The van der Waals surface area contributed by atoms with Crippen LogP contribution in [0.2, 0.25) is 0 Å². The molecule has 0 aliphatic carbocycles. The topological polar surface area (TPSA) is 12.0 Å². The van der Waals surface area contributed by atoms with Crippen LogP contribution >= 0.6 is 11.3 Å². The lowest BCUT2D eigenvalue weighted by Gasteiger charge is -2.09. The molecule has 0 saturated carbocycles. The highest BCUT2D eigenvalue weighted by Crippen LogP contribution is 2.33. The summed E-state index contributed by atoms with van der Waals surface area (Å²) in [5.74, 6) is -0.741. The van der Waals surface area contributed by atoms with Gasteiger partial charge in [0.05, 0.1) is 0 Å². The molecule has 19 heavy (non-hydrogen) atoms. The Morgan fingerprint density at radius 3 is 2.63 bits per heavy atom. The zero-order chi connectivity index (χ0) is 14.0. The van der Waals surface area contributed by atoms with Gasteiger partial charge in [-0.25, -0.2) is 8.78 Å². The van der Waals surface area contributed by atoms with Gasteiger partial charge in [0, 0.05) is 21.4 Å². The van der Waals surface area contributed by atoms with E-state index in [9.17, 15) is 8.78 Å². The average Bonchev–Trinajstić information content (AvgIpc) is 2.83. The number of rotatable bonds is 4. The monoisotopic (exact) mass is 281 g/mol. The van der Waals surface area contributed by atoms with Crippen LogP contribution in [0, 0.1) is 18.6 Å². The van der Waals surface area contributed by atoms with Crippen molar-refractivity contribution in [3.63, 3.8) is 0 Å². The first kappa shape index (κ1) is 14.2. The van der Waals surface area contributed by atoms with Crippen LogP contribution in [0.5, 0.6) is 0 Å². The Kier molecular flexibility index (Phi) is 4.32. The largest absolute Gasteiger partial charge is 0.310 e. The van der Waals surface area contributed by atoms with Gasteiger partial charge in [-0.05, 0) is 50.2 Å². The third-order valence-electron chi connectivity index (χ3n) is 3.08. The number of nitrogens with one attached hydrogen (secondary N) is 1. The average molecular weight is 281 g/mol. The summed E-state index contributed by atoms with van der Waals surface area (Å²) in [5.41, 5.74) is 0.669. The molecule has 0 spiro atoms. The lowest BCUT2D eigenvalue weighted by Crippen LogP contribution is -2.16. The third kappa shape index (κ3) is 3.01. The minimum Gasteiger partial charge on any atom is -0.310 e. The highest BCUT2D eigenvalue weighted by Gasteiger charge is 2.13. The van der Waals surface area contributed by atoms with E-state index in [0.717, 1.165) is 16.3 Å². The molecular formula is C15H17F2NS. The second-order valence-electron chi connectivity index (χ2n) is 4.56. The molecule has 4 heteroatoms. The van der Waals surface area contributed by atoms with Crippen LogP contribution < -0.4 is 5.32 Å². The van der Waals surface area contributed by atoms with Crippen LogP contribution in [0.3, 0.4) is 0 Å². The van der Waals surface area contributed by atoms with Gasteiger partial charge >= 0.3 is 0 Å². The first-order valence-corrected chi connectivity index (χ1v) is 7.13. The predicted octanol–water partition coefficient (Wildman–Crippen LogP) is 4.67. The molecule has 0 saturated heterocycles. The van der Waals surface area contributed by atoms with E-state index in [0.29, 0.717) is 11.1 Å². The summed E-state index contributed by atoms with van der Waals surface area (Å²) in [5, 5.41) is 3.30. The van der Waals surface area contributed by atoms with Gasteiger partial charge in [0.2, 0.25) is 0 Å². The van der Waals surface area contributed by atoms with E-state index < -0.39 is 0 Å². The van der Waals surface area contributed by atoms with Gasteiger partial charge in [0.25, 0.3) is 0 Å². The van der Waals surface area contributed by atoms with Gasteiger partial charge in [-0.2, -0.15) is 0 Å². The normalized spacial score (nSPS) is 12.7. The van der Waals surface area contributed by atoms with Crippen molar-refractivity contribution in [3.8, 4) is 10.4 Å². The van der Waals surface area contributed by atoms with Crippen LogP contribution in [0.4, 0.5) is 8.78 Å². The molecule has 1 unspecified atom stereocenters. The maximum atomic E-state index is 13.9. The van der Waals surface area contributed by atoms with Crippen molar-refractivity contribution in [1.29, 1.82) is 0 Å². The lowest BCUT2D eigenvalue weighted by molar-refractivity contribution is 0.595. The summed E-state index contributed by atoms with van der Waals surface area (Å²) in [7, 11) is 0. The van der Waals surface area contributed by atoms with Crippen molar-refractivity contribution in [1.82, 2.24) is 5.32 Å². The van der Waals surface area contributed by atoms with Gasteiger partial charge in [-0.1, -0.05) is 6.92 Å². The lowest BCUT2D eigenvalue weighted by atomic mass is 10.1. The highest BCUT2D eigenvalue weighted by atomic mass is 32.1. The fourth-order valence-corrected chi connectivity index (χ4v) is 3.02. The molecule has 1 aromatic heterocycles. The van der Waals surface area contributed by atoms with Gasteiger partial charge in [-0.15, -0.1) is 11.3 Å². The SMILES string of the molecule is CCNC(C)c1ccc(-c2cc(F)c(C)cc2F)s1. The molecule has 0 radical (unpaired) electrons. The van der Waals surface area contributed by atoms with Crippen molar-refractivity contribution in [3.05, 3.63) is 46.3 Å². The van der Waals surface area contributed by atoms with Crippen molar-refractivity contribution in [2.45, 2.75) is 26.8 Å². The first-order chi connectivity index (χ1) is 9.02. The summed E-state index contributed by atoms with van der Waals surface area (Å²) in [6.45, 7) is 6.54. The van der Waals surface area contributed by atoms with Crippen molar-refractivity contribution >= 4 is 11.3 Å². The smallest absolute Gasteiger partial charge is 0.132 e. The van der Waals surface area contributed by atoms with Crippen LogP contribution in [0.25, 0.3) is 10.4 Å². The van der Waals surface area contributed by atoms with E-state index in [1.54, 1.807) is 6.92 Å². The third-order valence-corrected chi connectivity index (χ3v) is 4.38. The van der Waals surface area contributed by atoms with Gasteiger partial charge in [-0.3, -0.25) is 0 Å². The molecule has 1 heterocycles. The zero-order valence-corrected chi connectivity index (χ0v) is 12.1. The molecule has 1 aromatic carbocycles. The number of aryl methyl sites for hydroxylation is 1. The Morgan fingerprint density at radius 1 is 1.21 bits per heavy atom. The zero-order valence-electron chi connectivity index (χ0n) is 11.3. The van der Waals surface area contributed by atoms with E-state index in [1.807, 2.05) is 19.1 Å². The minimum atomic E-state index is -0.372. The molecule has 2 aromatic rings. The summed E-state index contributed by atoms with van der Waals surface area (Å²) in [6.07, 6.45) is 0. The summed E-state index contributed by atoms with van der Waals surface area (Å²) < 4.78 is 27.5. The Morgan fingerprint density at radius 2 is 1.95 bits per heavy atom. The van der Waals surface area contributed by atoms with E-state index >= 15 is 0 Å². The van der Waals surface area contributed by atoms with Gasteiger partial charge < -0.3 is 5.32 Å². The fourth-order valence-electron chi connectivity index (χ4n) is 1.97. The molecule has 0 amide bonds. The first-order valence-electron chi connectivity index (χ1n) is 6.32. The number of hydrogen-bond acceptors (Lipinski definition) is 2. The fraction of sp³-hybridized carbons (Fsp3) is 0.333. The molecule has 0 aliphatic heterocycles. The second kappa shape index (κ2) is 5.80. The molecule has 102 valence electrons. The molecule has 0 fully saturated rings. The van der Waals surface area contributed by atoms with E-state index in [4.69, 9.17) is 0 Å². The summed E-state index contributed by atoms with van der Waals surface area (Å²) in [4.78, 5) is 1.88. The minimum absolute atomic E-state index is 0.224. The molecule has 0 bridgehead atoms. The van der Waals surface area contributed by atoms with E-state index in [2.05, 4.69) is 12.2 Å². The predicted molar refractivity (Wildman–Crippen MR) is 76.5 cm³/mol. The Bertz CT molecular complexity index is 578. The van der Waals surface area contributed by atoms with E-state index in [-0.39, 0.29) is 17.7 Å². The maximum Gasteiger partial charge on any atom is 0.132 e. The molecule has 1 N–H and O–H groups in total. The van der Waals surface area contributed by atoms with Crippen molar-refractivity contribution in [2.75, 3.05) is 6.54 Å². The number of thiophene rings is 1. The van der Waals surface area contributed by atoms with Crippen LogP contribution in [0.1, 0.15) is 30.3 Å². The van der Waals surface area contributed by atoms with E-state index in [1.165, 1.54) is 23.5 Å². The molecule has 0 aliphatic rings. The summed E-state index contributed by atoms with van der Waals surface area (Å²) >= 11 is 1.49. The quantitative estimate of drug-likeness (QED) is 0.858. The number of hydrogen-bond donors (Lipinski definition) is 1. The van der Waals surface area contributed by atoms with Crippen LogP contribution in [-0.2, 0) is 0 Å². The second-order valence-corrected chi connectivity index (χ2v) is 5.68. The number of halogens is 2. The summed E-state index contributed by atoms with van der Waals surface area (Å²) in [6, 6.07) is 6.56. The van der Waals surface area contributed by atoms with Crippen LogP contribution in [-0.4, -0.2) is 6.54 Å². The highest BCUT2D eigenvalue weighted by molar-refractivity contribution is 7.15. The van der Waals surface area contributed by atoms with Gasteiger partial charge in [0.15, 0.2) is 0 Å². The Labute approximate surface area is 116 Å². The molecule has 1 nitrogen and oxygen atoms in total. The Hall–Kier alpha value is -1.26. The Balaban J connectivity index is 2.35. The van der Waals surface area contributed by atoms with Gasteiger partial charge in [0.1, 0.15) is 11.6 Å². The maximum absolute atomic E-state index is 13.9.